The van der Waals surface area contributed by atoms with Gasteiger partial charge in [0.15, 0.2) is 11.5 Å². The molecule has 0 bridgehead atoms. The molecule has 1 aromatic rings. The number of carbonyl (C=O) groups excluding carboxylic acids is 1. The maximum absolute atomic E-state index is 11.9. The number of rotatable bonds is 6. The summed E-state index contributed by atoms with van der Waals surface area (Å²) in [5.74, 6) is 1.91. The highest BCUT2D eigenvalue weighted by Crippen LogP contribution is 2.32. The molecule has 5 heteroatoms. The molecule has 0 spiro atoms. The molecule has 0 aliphatic carbocycles. The van der Waals surface area contributed by atoms with Crippen molar-refractivity contribution in [3.05, 3.63) is 23.8 Å². The molecule has 1 aliphatic rings. The molecule has 2 rings (SSSR count). The second kappa shape index (κ2) is 6.80. The molecule has 1 heterocycles. The lowest BCUT2D eigenvalue weighted by molar-refractivity contribution is 0.0952. The van der Waals surface area contributed by atoms with Gasteiger partial charge in [0.05, 0.1) is 0 Å². The van der Waals surface area contributed by atoms with Gasteiger partial charge in [0.2, 0.25) is 6.79 Å². The first-order valence-corrected chi connectivity index (χ1v) is 7.56. The Labute approximate surface area is 121 Å². The van der Waals surface area contributed by atoms with E-state index in [1.54, 1.807) is 18.2 Å². The fourth-order valence-electron chi connectivity index (χ4n) is 1.87. The Morgan fingerprint density at radius 2 is 2.21 bits per heavy atom. The van der Waals surface area contributed by atoms with Crippen LogP contribution in [-0.4, -0.2) is 24.6 Å². The number of hydrogen-bond acceptors (Lipinski definition) is 3. The van der Waals surface area contributed by atoms with Gasteiger partial charge in [0, 0.05) is 17.4 Å². The fourth-order valence-corrected chi connectivity index (χ4v) is 2.19. The first kappa shape index (κ1) is 14.2. The van der Waals surface area contributed by atoms with Gasteiger partial charge in [-0.25, -0.2) is 0 Å². The van der Waals surface area contributed by atoms with Crippen LogP contribution in [0.5, 0.6) is 11.5 Å². The summed E-state index contributed by atoms with van der Waals surface area (Å²) < 4.78 is 10.5. The van der Waals surface area contributed by atoms with Crippen molar-refractivity contribution in [1.29, 1.82) is 0 Å². The van der Waals surface area contributed by atoms with Crippen molar-refractivity contribution in [2.24, 2.45) is 5.92 Å². The van der Waals surface area contributed by atoms with E-state index in [2.05, 4.69) is 28.2 Å². The minimum atomic E-state index is -0.0650. The molecule has 1 aliphatic heterocycles. The molecule has 0 radical (unpaired) electrons. The average molecular weight is 328 g/mol. The third kappa shape index (κ3) is 3.86. The van der Waals surface area contributed by atoms with Crippen LogP contribution in [0.1, 0.15) is 30.1 Å². The molecule has 1 N–H and O–H groups in total. The molecule has 0 saturated carbocycles. The zero-order chi connectivity index (χ0) is 13.7. The van der Waals surface area contributed by atoms with Crippen molar-refractivity contribution in [2.45, 2.75) is 19.8 Å². The average Bonchev–Trinajstić information content (AvgIpc) is 2.90. The normalized spacial score (nSPS) is 14.2. The summed E-state index contributed by atoms with van der Waals surface area (Å²) in [5.41, 5.74) is 0.609. The highest BCUT2D eigenvalue weighted by Gasteiger charge is 2.15. The lowest BCUT2D eigenvalue weighted by Gasteiger charge is -2.08. The molecule has 1 unspecified atom stereocenters. The molecular weight excluding hydrogens is 310 g/mol. The van der Waals surface area contributed by atoms with Crippen LogP contribution in [-0.2, 0) is 0 Å². The fraction of sp³-hybridized carbons (Fsp3) is 0.500. The molecule has 19 heavy (non-hydrogen) atoms. The summed E-state index contributed by atoms with van der Waals surface area (Å²) in [7, 11) is 0. The van der Waals surface area contributed by atoms with Gasteiger partial charge in [0.1, 0.15) is 0 Å². The SMILES string of the molecule is CC(CBr)CCCNC(=O)c1ccc2c(c1)OCO2. The van der Waals surface area contributed by atoms with Crippen LogP contribution < -0.4 is 14.8 Å². The second-order valence-electron chi connectivity index (χ2n) is 4.73. The molecule has 0 fully saturated rings. The number of alkyl halides is 1. The van der Waals surface area contributed by atoms with E-state index in [9.17, 15) is 4.79 Å². The smallest absolute Gasteiger partial charge is 0.251 e. The van der Waals surface area contributed by atoms with Gasteiger partial charge in [-0.15, -0.1) is 0 Å². The van der Waals surface area contributed by atoms with E-state index in [1.807, 2.05) is 0 Å². The van der Waals surface area contributed by atoms with E-state index in [0.29, 0.717) is 29.5 Å². The second-order valence-corrected chi connectivity index (χ2v) is 5.37. The van der Waals surface area contributed by atoms with Crippen molar-refractivity contribution < 1.29 is 14.3 Å². The molecule has 1 amide bonds. The van der Waals surface area contributed by atoms with Gasteiger partial charge in [0.25, 0.3) is 5.91 Å². The third-order valence-corrected chi connectivity index (χ3v) is 4.16. The molecule has 104 valence electrons. The maximum Gasteiger partial charge on any atom is 0.251 e. The maximum atomic E-state index is 11.9. The van der Waals surface area contributed by atoms with Gasteiger partial charge in [-0.1, -0.05) is 22.9 Å². The van der Waals surface area contributed by atoms with Gasteiger partial charge in [-0.05, 0) is 37.0 Å². The standard InChI is InChI=1S/C14H18BrNO3/c1-10(8-15)3-2-6-16-14(17)11-4-5-12-13(7-11)19-9-18-12/h4-5,7,10H,2-3,6,8-9H2,1H3,(H,16,17). The Hall–Kier alpha value is -1.23. The summed E-state index contributed by atoms with van der Waals surface area (Å²) in [5, 5.41) is 3.92. The van der Waals surface area contributed by atoms with Crippen LogP contribution in [0.4, 0.5) is 0 Å². The van der Waals surface area contributed by atoms with E-state index in [0.717, 1.165) is 18.2 Å². The monoisotopic (exact) mass is 327 g/mol. The molecule has 1 aromatic carbocycles. The van der Waals surface area contributed by atoms with Gasteiger partial charge >= 0.3 is 0 Å². The largest absolute Gasteiger partial charge is 0.454 e. The van der Waals surface area contributed by atoms with Crippen LogP contribution >= 0.6 is 15.9 Å². The lowest BCUT2D eigenvalue weighted by atomic mass is 10.1. The molecule has 4 nitrogen and oxygen atoms in total. The zero-order valence-corrected chi connectivity index (χ0v) is 12.5. The summed E-state index contributed by atoms with van der Waals surface area (Å²) in [6, 6.07) is 5.24. The Bertz CT molecular complexity index is 450. The minimum Gasteiger partial charge on any atom is -0.454 e. The quantitative estimate of drug-likeness (QED) is 0.645. The topological polar surface area (TPSA) is 47.6 Å². The summed E-state index contributed by atoms with van der Waals surface area (Å²) in [6.45, 7) is 3.11. The molecular formula is C14H18BrNO3. The van der Waals surface area contributed by atoms with Gasteiger partial charge in [-0.3, -0.25) is 4.79 Å². The molecule has 0 aromatic heterocycles. The van der Waals surface area contributed by atoms with E-state index in [4.69, 9.17) is 9.47 Å². The highest BCUT2D eigenvalue weighted by molar-refractivity contribution is 9.09. The lowest BCUT2D eigenvalue weighted by Crippen LogP contribution is -2.24. The Balaban J connectivity index is 1.80. The van der Waals surface area contributed by atoms with Crippen LogP contribution in [0.25, 0.3) is 0 Å². The Morgan fingerprint density at radius 3 is 3.00 bits per heavy atom. The van der Waals surface area contributed by atoms with E-state index >= 15 is 0 Å². The summed E-state index contributed by atoms with van der Waals surface area (Å²) in [4.78, 5) is 11.9. The van der Waals surface area contributed by atoms with Crippen molar-refractivity contribution in [2.75, 3.05) is 18.7 Å². The van der Waals surface area contributed by atoms with Crippen molar-refractivity contribution in [3.8, 4) is 11.5 Å². The summed E-state index contributed by atoms with van der Waals surface area (Å²) >= 11 is 3.45. The van der Waals surface area contributed by atoms with Crippen LogP contribution in [0.15, 0.2) is 18.2 Å². The Morgan fingerprint density at radius 1 is 1.42 bits per heavy atom. The summed E-state index contributed by atoms with van der Waals surface area (Å²) in [6.07, 6.45) is 2.09. The highest BCUT2D eigenvalue weighted by atomic mass is 79.9. The van der Waals surface area contributed by atoms with Crippen LogP contribution in [0.2, 0.25) is 0 Å². The zero-order valence-electron chi connectivity index (χ0n) is 10.9. The molecule has 0 saturated heterocycles. The number of ether oxygens (including phenoxy) is 2. The minimum absolute atomic E-state index is 0.0650. The van der Waals surface area contributed by atoms with E-state index in [-0.39, 0.29) is 12.7 Å². The third-order valence-electron chi connectivity index (χ3n) is 3.06. The van der Waals surface area contributed by atoms with E-state index < -0.39 is 0 Å². The first-order chi connectivity index (χ1) is 9.20. The molecule has 1 atom stereocenters. The van der Waals surface area contributed by atoms with Crippen molar-refractivity contribution in [3.63, 3.8) is 0 Å². The number of hydrogen-bond donors (Lipinski definition) is 1. The van der Waals surface area contributed by atoms with E-state index in [1.165, 1.54) is 0 Å². The Kier molecular flexibility index (Phi) is 5.07. The van der Waals surface area contributed by atoms with Crippen molar-refractivity contribution >= 4 is 21.8 Å². The van der Waals surface area contributed by atoms with Crippen LogP contribution in [0.3, 0.4) is 0 Å². The number of benzene rings is 1. The van der Waals surface area contributed by atoms with Crippen LogP contribution in [0, 0.1) is 5.92 Å². The first-order valence-electron chi connectivity index (χ1n) is 6.44. The number of carbonyl (C=O) groups is 1. The predicted octanol–water partition coefficient (Wildman–Crippen LogP) is 2.96. The van der Waals surface area contributed by atoms with Gasteiger partial charge < -0.3 is 14.8 Å². The number of amides is 1. The van der Waals surface area contributed by atoms with Gasteiger partial charge in [-0.2, -0.15) is 0 Å². The number of halogens is 1. The predicted molar refractivity (Wildman–Crippen MR) is 77.1 cm³/mol. The number of nitrogens with one attached hydrogen (secondary N) is 1. The number of fused-ring (bicyclic) bond motifs is 1. The van der Waals surface area contributed by atoms with Crippen molar-refractivity contribution in [1.82, 2.24) is 5.32 Å².